The summed E-state index contributed by atoms with van der Waals surface area (Å²) in [5, 5.41) is 11.9. The van der Waals surface area contributed by atoms with Crippen LogP contribution in [0.15, 0.2) is 36.4 Å². The molecule has 1 N–H and O–H groups in total. The number of benzene rings is 2. The summed E-state index contributed by atoms with van der Waals surface area (Å²) < 4.78 is 22.8. The number of aliphatic carboxylic acids is 1. The van der Waals surface area contributed by atoms with E-state index in [1.54, 1.807) is 24.3 Å². The number of carbonyl (C=O) groups excluding carboxylic acids is 3. The number of para-hydroxylation sites is 1. The summed E-state index contributed by atoms with van der Waals surface area (Å²) in [4.78, 5) is 51.2. The summed E-state index contributed by atoms with van der Waals surface area (Å²) in [6.07, 6.45) is -0.528. The lowest BCUT2D eigenvalue weighted by Crippen LogP contribution is -2.71. The molecule has 0 radical (unpaired) electrons. The number of fused-ring (bicyclic) bond motifs is 1. The van der Waals surface area contributed by atoms with Crippen LogP contribution < -0.4 is 14.1 Å². The van der Waals surface area contributed by atoms with Crippen molar-refractivity contribution in [3.05, 3.63) is 52.5 Å². The van der Waals surface area contributed by atoms with E-state index in [1.807, 2.05) is 31.0 Å². The van der Waals surface area contributed by atoms with Crippen molar-refractivity contribution in [3.63, 3.8) is 0 Å². The molecule has 2 unspecified atom stereocenters. The number of piperidine rings is 1. The lowest BCUT2D eigenvalue weighted by molar-refractivity contribution is -0.165. The zero-order chi connectivity index (χ0) is 33.1. The first-order valence-corrected chi connectivity index (χ1v) is 15.3. The Morgan fingerprint density at radius 2 is 1.84 bits per heavy atom. The third kappa shape index (κ3) is 7.17. The van der Waals surface area contributed by atoms with Gasteiger partial charge in [0.15, 0.2) is 23.8 Å². The maximum atomic E-state index is 14.7. The number of carboxylic acid groups (broad SMARTS) is 1. The maximum absolute atomic E-state index is 14.7. The van der Waals surface area contributed by atoms with Crippen LogP contribution in [-0.2, 0) is 28.7 Å². The summed E-state index contributed by atoms with van der Waals surface area (Å²) in [6, 6.07) is 10.7. The van der Waals surface area contributed by atoms with E-state index in [0.717, 1.165) is 0 Å². The molecular formula is C33H42ClN2O9+. The molecule has 12 heteroatoms. The van der Waals surface area contributed by atoms with Crippen molar-refractivity contribution in [1.82, 2.24) is 9.60 Å². The molecule has 1 fully saturated rings. The van der Waals surface area contributed by atoms with Gasteiger partial charge in [-0.15, -0.1) is 9.60 Å². The molecule has 2 heterocycles. The van der Waals surface area contributed by atoms with Crippen LogP contribution in [0, 0.1) is 17.3 Å². The van der Waals surface area contributed by atoms with Crippen LogP contribution in [0.5, 0.6) is 11.5 Å². The number of halogens is 1. The molecule has 45 heavy (non-hydrogen) atoms. The van der Waals surface area contributed by atoms with E-state index in [9.17, 15) is 24.3 Å². The molecule has 4 atom stereocenters. The predicted octanol–water partition coefficient (Wildman–Crippen LogP) is 4.82. The van der Waals surface area contributed by atoms with Gasteiger partial charge >= 0.3 is 17.8 Å². The van der Waals surface area contributed by atoms with E-state index < -0.39 is 29.4 Å². The van der Waals surface area contributed by atoms with Crippen LogP contribution in [0.4, 0.5) is 5.69 Å². The second-order valence-corrected chi connectivity index (χ2v) is 13.0. The van der Waals surface area contributed by atoms with Gasteiger partial charge in [0.05, 0.1) is 31.7 Å². The van der Waals surface area contributed by atoms with Crippen LogP contribution in [0.2, 0.25) is 5.02 Å². The number of hydrogen-bond acceptors (Lipinski definition) is 9. The molecule has 2 aromatic carbocycles. The summed E-state index contributed by atoms with van der Waals surface area (Å²) in [7, 11) is 3.07. The first-order valence-electron chi connectivity index (χ1n) is 14.9. The molecule has 0 aromatic heterocycles. The van der Waals surface area contributed by atoms with Crippen molar-refractivity contribution < 1.29 is 43.2 Å². The number of ether oxygens (including phenoxy) is 4. The van der Waals surface area contributed by atoms with Gasteiger partial charge in [0.2, 0.25) is 0 Å². The van der Waals surface area contributed by atoms with Crippen LogP contribution in [0.25, 0.3) is 0 Å². The number of nitrogens with zero attached hydrogens (tertiary/aromatic N) is 2. The Kier molecular flexibility index (Phi) is 10.6. The minimum atomic E-state index is -0.972. The van der Waals surface area contributed by atoms with Crippen molar-refractivity contribution in [3.8, 4) is 11.5 Å². The molecule has 0 spiro atoms. The van der Waals surface area contributed by atoms with Crippen molar-refractivity contribution in [2.24, 2.45) is 17.3 Å². The van der Waals surface area contributed by atoms with Gasteiger partial charge in [0, 0.05) is 42.5 Å². The third-order valence-corrected chi connectivity index (χ3v) is 8.91. The first-order chi connectivity index (χ1) is 21.2. The van der Waals surface area contributed by atoms with Gasteiger partial charge in [0.25, 0.3) is 0 Å². The topological polar surface area (TPSA) is 129 Å². The highest BCUT2D eigenvalue weighted by Gasteiger charge is 2.55. The molecule has 2 aromatic rings. The SMILES string of the molecule is COc1cccc([C@H]2OCC(=O)[N+](CC(C)(C)COC(C)=O)(N3CCC(CC(=O)O)[C@@H](C(C)=O)C3)c3ccc(Cl)cc32)c1OC. The summed E-state index contributed by atoms with van der Waals surface area (Å²) in [5.41, 5.74) is 1.12. The van der Waals surface area contributed by atoms with E-state index in [-0.39, 0.29) is 54.9 Å². The number of carbonyl (C=O) groups is 4. The molecule has 0 saturated carbocycles. The second kappa shape index (κ2) is 13.9. The molecule has 244 valence electrons. The number of esters is 1. The lowest BCUT2D eigenvalue weighted by atomic mass is 9.81. The van der Waals surface area contributed by atoms with Gasteiger partial charge in [-0.05, 0) is 37.5 Å². The van der Waals surface area contributed by atoms with Gasteiger partial charge < -0.3 is 24.1 Å². The molecule has 2 aliphatic rings. The number of amides is 1. The van der Waals surface area contributed by atoms with E-state index in [0.29, 0.717) is 46.3 Å². The van der Waals surface area contributed by atoms with Gasteiger partial charge in [-0.1, -0.05) is 37.6 Å². The molecular weight excluding hydrogens is 604 g/mol. The lowest BCUT2D eigenvalue weighted by Gasteiger charge is -2.49. The summed E-state index contributed by atoms with van der Waals surface area (Å²) >= 11 is 6.61. The van der Waals surface area contributed by atoms with Crippen LogP contribution in [0.3, 0.4) is 0 Å². The molecule has 0 aliphatic carbocycles. The molecule has 0 bridgehead atoms. The van der Waals surface area contributed by atoms with Gasteiger partial charge in [0.1, 0.15) is 25.0 Å². The number of quaternary nitrogens is 1. The molecule has 1 amide bonds. The highest BCUT2D eigenvalue weighted by molar-refractivity contribution is 6.30. The Balaban J connectivity index is 1.96. The molecule has 1 saturated heterocycles. The largest absolute Gasteiger partial charge is 0.493 e. The monoisotopic (exact) mass is 645 g/mol. The van der Waals surface area contributed by atoms with E-state index in [4.69, 9.17) is 30.5 Å². The predicted molar refractivity (Wildman–Crippen MR) is 167 cm³/mol. The first kappa shape index (κ1) is 34.4. The fourth-order valence-corrected chi connectivity index (χ4v) is 6.88. The van der Waals surface area contributed by atoms with E-state index in [1.165, 1.54) is 28.1 Å². The highest BCUT2D eigenvalue weighted by Crippen LogP contribution is 2.48. The molecule has 2 aliphatic heterocycles. The van der Waals surface area contributed by atoms with Crippen molar-refractivity contribution in [2.45, 2.75) is 46.6 Å². The standard InChI is InChI=1S/C33H41ClN2O9/c1-20(37)26-16-35(13-12-22(26)14-30(40)41)36(18-33(3,4)19-45-21(2)38)27-11-10-23(34)15-25(27)31(44-17-29(36)39)24-8-7-9-28(42-5)32(24)43-6/h7-11,15,22,26,31H,12-14,16-19H2,1-6H3/p+1/t22?,26-,31-,36?/m1/s1. The minimum absolute atomic E-state index is 0.0398. The number of carboxylic acids is 1. The summed E-state index contributed by atoms with van der Waals surface area (Å²) in [6.45, 7) is 7.00. The minimum Gasteiger partial charge on any atom is -0.493 e. The van der Waals surface area contributed by atoms with Gasteiger partial charge in [-0.2, -0.15) is 0 Å². The average Bonchev–Trinajstić information content (AvgIpc) is 3.09. The van der Waals surface area contributed by atoms with Crippen molar-refractivity contribution in [1.29, 1.82) is 0 Å². The van der Waals surface area contributed by atoms with Crippen LogP contribution in [0.1, 0.15) is 57.8 Å². The Morgan fingerprint density at radius 1 is 1.11 bits per heavy atom. The smallest absolute Gasteiger partial charge is 0.363 e. The number of ketones is 1. The van der Waals surface area contributed by atoms with Crippen LogP contribution in [-0.4, -0.2) is 80.8 Å². The van der Waals surface area contributed by atoms with Crippen LogP contribution >= 0.6 is 11.6 Å². The number of rotatable bonds is 11. The molecule has 11 nitrogen and oxygen atoms in total. The van der Waals surface area contributed by atoms with Gasteiger partial charge in [-0.25, -0.2) is 4.79 Å². The maximum Gasteiger partial charge on any atom is 0.363 e. The number of Topliss-reactive ketones (excluding diaryl/α,β-unsaturated/α-hetero) is 1. The molecule has 4 rings (SSSR count). The number of methoxy groups -OCH3 is 2. The Hall–Kier alpha value is -3.51. The number of hydrogen-bond donors (Lipinski definition) is 1. The normalized spacial score (nSPS) is 23.9. The van der Waals surface area contributed by atoms with E-state index in [2.05, 4.69) is 0 Å². The van der Waals surface area contributed by atoms with Gasteiger partial charge in [-0.3, -0.25) is 14.4 Å². The fraction of sp³-hybridized carbons (Fsp3) is 0.515. The third-order valence-electron chi connectivity index (χ3n) is 8.67. The Bertz CT molecular complexity index is 1460. The Labute approximate surface area is 268 Å². The zero-order valence-electron chi connectivity index (χ0n) is 26.6. The Morgan fingerprint density at radius 3 is 2.47 bits per heavy atom. The van der Waals surface area contributed by atoms with Crippen molar-refractivity contribution >= 4 is 40.9 Å². The quantitative estimate of drug-likeness (QED) is 0.268. The highest BCUT2D eigenvalue weighted by atomic mass is 35.5. The summed E-state index contributed by atoms with van der Waals surface area (Å²) in [5.74, 6) is -1.89. The van der Waals surface area contributed by atoms with Crippen molar-refractivity contribution in [2.75, 3.05) is 47.1 Å². The van der Waals surface area contributed by atoms with E-state index >= 15 is 0 Å². The zero-order valence-corrected chi connectivity index (χ0v) is 27.4. The fourth-order valence-electron chi connectivity index (χ4n) is 6.70. The second-order valence-electron chi connectivity index (χ2n) is 12.5. The average molecular weight is 646 g/mol.